The van der Waals surface area contributed by atoms with Crippen LogP contribution in [0, 0.1) is 5.92 Å². The highest BCUT2D eigenvalue weighted by molar-refractivity contribution is 6.52. The van der Waals surface area contributed by atoms with Crippen molar-refractivity contribution >= 4 is 23.1 Å². The van der Waals surface area contributed by atoms with E-state index in [4.69, 9.17) is 18.9 Å². The number of para-hydroxylation sites is 2. The van der Waals surface area contributed by atoms with Crippen LogP contribution in [-0.2, 0) is 9.59 Å². The highest BCUT2D eigenvalue weighted by Crippen LogP contribution is 2.46. The molecule has 1 atom stereocenters. The van der Waals surface area contributed by atoms with E-state index in [2.05, 4.69) is 13.8 Å². The number of amides is 1. The van der Waals surface area contributed by atoms with Crippen LogP contribution in [0.3, 0.4) is 0 Å². The first kappa shape index (κ1) is 27.6. The van der Waals surface area contributed by atoms with Gasteiger partial charge in [0.2, 0.25) is 0 Å². The summed E-state index contributed by atoms with van der Waals surface area (Å²) in [6.07, 6.45) is 0. The van der Waals surface area contributed by atoms with Gasteiger partial charge < -0.3 is 24.1 Å². The number of ketones is 1. The molecule has 0 aliphatic carbocycles. The summed E-state index contributed by atoms with van der Waals surface area (Å²) in [5.74, 6) is 0.489. The van der Waals surface area contributed by atoms with Gasteiger partial charge in [0.25, 0.3) is 11.7 Å². The average Bonchev–Trinajstić information content (AvgIpc) is 3.21. The molecule has 1 unspecified atom stereocenters. The number of carbonyl (C=O) groups excluding carboxylic acids is 2. The second kappa shape index (κ2) is 11.9. The van der Waals surface area contributed by atoms with E-state index in [0.29, 0.717) is 58.9 Å². The molecule has 4 rings (SSSR count). The topological polar surface area (TPSA) is 94.5 Å². The molecule has 1 N–H and O–H groups in total. The SMILES string of the molecule is CCOc1cc(C2/C(=C(/O)c3ccc(OCC(C)C)cc3)C(=O)C(=O)N2c2ccccc2OC)ccc1OC. The Morgan fingerprint density at radius 1 is 0.897 bits per heavy atom. The molecule has 1 fully saturated rings. The largest absolute Gasteiger partial charge is 0.507 e. The second-order valence-corrected chi connectivity index (χ2v) is 9.41. The van der Waals surface area contributed by atoms with Crippen molar-refractivity contribution in [3.63, 3.8) is 0 Å². The van der Waals surface area contributed by atoms with E-state index in [1.54, 1.807) is 66.7 Å². The minimum absolute atomic E-state index is 0.0469. The van der Waals surface area contributed by atoms with Crippen molar-refractivity contribution < 1.29 is 33.6 Å². The number of nitrogens with zero attached hydrogens (tertiary/aromatic N) is 1. The molecule has 3 aromatic rings. The Bertz CT molecular complexity index is 1380. The number of anilines is 1. The number of rotatable bonds is 10. The molecule has 0 spiro atoms. The molecule has 1 aliphatic rings. The number of aliphatic hydroxyl groups excluding tert-OH is 1. The van der Waals surface area contributed by atoms with Gasteiger partial charge in [0.05, 0.1) is 44.7 Å². The summed E-state index contributed by atoms with van der Waals surface area (Å²) in [5, 5.41) is 11.5. The lowest BCUT2D eigenvalue weighted by atomic mass is 9.94. The Morgan fingerprint density at radius 3 is 2.23 bits per heavy atom. The van der Waals surface area contributed by atoms with Crippen molar-refractivity contribution in [3.8, 4) is 23.0 Å². The number of methoxy groups -OCH3 is 2. The Hall–Kier alpha value is -4.46. The van der Waals surface area contributed by atoms with Gasteiger partial charge in [0.15, 0.2) is 11.5 Å². The van der Waals surface area contributed by atoms with Crippen LogP contribution in [0.15, 0.2) is 72.3 Å². The molecule has 3 aromatic carbocycles. The fourth-order valence-electron chi connectivity index (χ4n) is 4.48. The molecule has 8 heteroatoms. The summed E-state index contributed by atoms with van der Waals surface area (Å²) in [6.45, 7) is 6.89. The van der Waals surface area contributed by atoms with Crippen LogP contribution in [0.1, 0.15) is 37.9 Å². The first-order valence-electron chi connectivity index (χ1n) is 12.8. The Kier molecular flexibility index (Phi) is 8.44. The third-order valence-corrected chi connectivity index (χ3v) is 6.30. The first-order chi connectivity index (χ1) is 18.8. The fraction of sp³-hybridized carbons (Fsp3) is 0.290. The van der Waals surface area contributed by atoms with Crippen molar-refractivity contribution in [1.82, 2.24) is 0 Å². The summed E-state index contributed by atoms with van der Waals surface area (Å²) >= 11 is 0. The van der Waals surface area contributed by atoms with Gasteiger partial charge in [-0.3, -0.25) is 14.5 Å². The van der Waals surface area contributed by atoms with Gasteiger partial charge in [0.1, 0.15) is 17.3 Å². The maximum Gasteiger partial charge on any atom is 0.300 e. The second-order valence-electron chi connectivity index (χ2n) is 9.41. The molecular formula is C31H33NO7. The van der Waals surface area contributed by atoms with E-state index in [9.17, 15) is 14.7 Å². The zero-order valence-corrected chi connectivity index (χ0v) is 22.8. The summed E-state index contributed by atoms with van der Waals surface area (Å²) in [6, 6.07) is 17.9. The van der Waals surface area contributed by atoms with Gasteiger partial charge in [-0.15, -0.1) is 0 Å². The lowest BCUT2D eigenvalue weighted by molar-refractivity contribution is -0.132. The van der Waals surface area contributed by atoms with E-state index in [1.807, 2.05) is 6.92 Å². The van der Waals surface area contributed by atoms with Crippen molar-refractivity contribution in [1.29, 1.82) is 0 Å². The monoisotopic (exact) mass is 531 g/mol. The quantitative estimate of drug-likeness (QED) is 0.202. The number of Topliss-reactive ketones (excluding diaryl/α,β-unsaturated/α-hetero) is 1. The van der Waals surface area contributed by atoms with Crippen molar-refractivity contribution in [2.24, 2.45) is 5.92 Å². The standard InChI is InChI=1S/C31H33NO7/c1-6-38-26-17-21(13-16-25(26)37-5)28-27(29(33)20-11-14-22(15-12-20)39-18-19(2)3)30(34)31(35)32(28)23-9-7-8-10-24(23)36-4/h7-17,19,28,33H,6,18H2,1-5H3/b29-27-. The van der Waals surface area contributed by atoms with Crippen molar-refractivity contribution in [2.45, 2.75) is 26.8 Å². The Balaban J connectivity index is 1.89. The molecule has 0 aromatic heterocycles. The molecule has 1 saturated heterocycles. The van der Waals surface area contributed by atoms with Crippen LogP contribution in [0.5, 0.6) is 23.0 Å². The molecule has 8 nitrogen and oxygen atoms in total. The number of ether oxygens (including phenoxy) is 4. The number of hydrogen-bond donors (Lipinski definition) is 1. The van der Waals surface area contributed by atoms with E-state index in [0.717, 1.165) is 0 Å². The van der Waals surface area contributed by atoms with Gasteiger partial charge in [0, 0.05) is 5.56 Å². The molecule has 1 amide bonds. The van der Waals surface area contributed by atoms with Crippen LogP contribution >= 0.6 is 0 Å². The van der Waals surface area contributed by atoms with Crippen LogP contribution in [0.25, 0.3) is 5.76 Å². The third-order valence-electron chi connectivity index (χ3n) is 6.30. The summed E-state index contributed by atoms with van der Waals surface area (Å²) in [7, 11) is 3.03. The molecule has 1 aliphatic heterocycles. The predicted molar refractivity (Wildman–Crippen MR) is 149 cm³/mol. The van der Waals surface area contributed by atoms with Gasteiger partial charge in [-0.25, -0.2) is 0 Å². The summed E-state index contributed by atoms with van der Waals surface area (Å²) < 4.78 is 22.5. The molecule has 0 radical (unpaired) electrons. The number of benzene rings is 3. The van der Waals surface area contributed by atoms with E-state index in [-0.39, 0.29) is 11.3 Å². The van der Waals surface area contributed by atoms with Gasteiger partial charge >= 0.3 is 0 Å². The molecule has 39 heavy (non-hydrogen) atoms. The number of aliphatic hydroxyl groups is 1. The van der Waals surface area contributed by atoms with Crippen LogP contribution < -0.4 is 23.8 Å². The maximum absolute atomic E-state index is 13.5. The highest BCUT2D eigenvalue weighted by atomic mass is 16.5. The van der Waals surface area contributed by atoms with Gasteiger partial charge in [-0.1, -0.05) is 32.0 Å². The number of hydrogen-bond acceptors (Lipinski definition) is 7. The molecule has 0 bridgehead atoms. The molecule has 204 valence electrons. The van der Waals surface area contributed by atoms with E-state index in [1.165, 1.54) is 19.1 Å². The fourth-order valence-corrected chi connectivity index (χ4v) is 4.48. The minimum Gasteiger partial charge on any atom is -0.507 e. The molecule has 1 heterocycles. The van der Waals surface area contributed by atoms with Crippen LogP contribution in [0.2, 0.25) is 0 Å². The molecular weight excluding hydrogens is 498 g/mol. The van der Waals surface area contributed by atoms with Crippen LogP contribution in [-0.4, -0.2) is 44.2 Å². The Morgan fingerprint density at radius 2 is 1.59 bits per heavy atom. The zero-order chi connectivity index (χ0) is 28.1. The smallest absolute Gasteiger partial charge is 0.300 e. The third kappa shape index (κ3) is 5.55. The van der Waals surface area contributed by atoms with Gasteiger partial charge in [-0.05, 0) is 66.9 Å². The van der Waals surface area contributed by atoms with Crippen LogP contribution in [0.4, 0.5) is 5.69 Å². The summed E-state index contributed by atoms with van der Waals surface area (Å²) in [4.78, 5) is 28.4. The van der Waals surface area contributed by atoms with Gasteiger partial charge in [-0.2, -0.15) is 0 Å². The Labute approximate surface area is 228 Å². The average molecular weight is 532 g/mol. The highest BCUT2D eigenvalue weighted by Gasteiger charge is 2.48. The van der Waals surface area contributed by atoms with Crippen molar-refractivity contribution in [2.75, 3.05) is 32.3 Å². The van der Waals surface area contributed by atoms with E-state index >= 15 is 0 Å². The zero-order valence-electron chi connectivity index (χ0n) is 22.8. The predicted octanol–water partition coefficient (Wildman–Crippen LogP) is 5.76. The number of carbonyl (C=O) groups is 2. The lowest BCUT2D eigenvalue weighted by Gasteiger charge is -2.27. The summed E-state index contributed by atoms with van der Waals surface area (Å²) in [5.41, 5.74) is 1.29. The maximum atomic E-state index is 13.5. The first-order valence-corrected chi connectivity index (χ1v) is 12.8. The normalized spacial score (nSPS) is 16.5. The van der Waals surface area contributed by atoms with E-state index < -0.39 is 17.7 Å². The molecule has 0 saturated carbocycles. The lowest BCUT2D eigenvalue weighted by Crippen LogP contribution is -2.29. The van der Waals surface area contributed by atoms with Crippen molar-refractivity contribution in [3.05, 3.63) is 83.4 Å². The minimum atomic E-state index is -0.955.